The third-order valence-corrected chi connectivity index (χ3v) is 9.84. The van der Waals surface area contributed by atoms with E-state index in [1.807, 2.05) is 23.1 Å². The summed E-state index contributed by atoms with van der Waals surface area (Å²) in [6, 6.07) is 17.4. The van der Waals surface area contributed by atoms with Crippen LogP contribution in [0.5, 0.6) is 0 Å². The number of thiazole rings is 1. The zero-order valence-electron chi connectivity index (χ0n) is 23.5. The molecule has 0 spiro atoms. The van der Waals surface area contributed by atoms with Crippen LogP contribution in [0, 0.1) is 11.3 Å². The van der Waals surface area contributed by atoms with Crippen molar-refractivity contribution in [2.24, 2.45) is 11.3 Å². The van der Waals surface area contributed by atoms with Crippen molar-refractivity contribution in [3.8, 4) is 0 Å². The fraction of sp³-hybridized carbons (Fsp3) is 0.353. The van der Waals surface area contributed by atoms with Gasteiger partial charge in [-0.15, -0.1) is 0 Å². The lowest BCUT2D eigenvalue weighted by Gasteiger charge is -2.33. The lowest BCUT2D eigenvalue weighted by molar-refractivity contribution is -0.665. The van der Waals surface area contributed by atoms with Crippen molar-refractivity contribution in [3.05, 3.63) is 99.2 Å². The Bertz CT molecular complexity index is 1510. The Morgan fingerprint density at radius 3 is 2.66 bits per heavy atom. The summed E-state index contributed by atoms with van der Waals surface area (Å²) in [6.45, 7) is 15.8. The number of nitrogens with zero attached hydrogens (tertiary/aromatic N) is 2. The van der Waals surface area contributed by atoms with Crippen LogP contribution in [0.25, 0.3) is 16.3 Å². The second-order valence-corrected chi connectivity index (χ2v) is 13.2. The average Bonchev–Trinajstić information content (AvgIpc) is 3.46. The monoisotopic (exact) mass is 539 g/mol. The molecule has 196 valence electrons. The molecule has 4 heteroatoms. The van der Waals surface area contributed by atoms with Gasteiger partial charge in [-0.25, -0.2) is 0 Å². The number of fused-ring (bicyclic) bond motifs is 2. The van der Waals surface area contributed by atoms with Crippen LogP contribution in [0.1, 0.15) is 59.4 Å². The van der Waals surface area contributed by atoms with Gasteiger partial charge in [0.25, 0.3) is 5.01 Å². The summed E-state index contributed by atoms with van der Waals surface area (Å²) in [5, 5.41) is 2.52. The zero-order chi connectivity index (χ0) is 26.9. The van der Waals surface area contributed by atoms with Crippen LogP contribution in [-0.2, 0) is 6.54 Å². The number of allylic oxidation sites excluding steroid dienone is 6. The molecule has 2 heterocycles. The van der Waals surface area contributed by atoms with Gasteiger partial charge in [0.1, 0.15) is 16.3 Å². The Kier molecular flexibility index (Phi) is 7.86. The molecule has 2 nitrogen and oxygen atoms in total. The maximum Gasteiger partial charge on any atom is 0.262 e. The SMILES string of the molecule is CCN1C(=C=CC(C)C2=CC(=C(C)C=Cc3sc4ccccc4[n+]3CC)CC(C)(C)C2)Sc2ccccc21. The van der Waals surface area contributed by atoms with Crippen molar-refractivity contribution >= 4 is 45.1 Å². The Balaban J connectivity index is 1.43. The molecule has 2 aliphatic rings. The van der Waals surface area contributed by atoms with Crippen molar-refractivity contribution in [1.29, 1.82) is 0 Å². The molecule has 38 heavy (non-hydrogen) atoms. The summed E-state index contributed by atoms with van der Waals surface area (Å²) in [5.41, 5.74) is 10.9. The standard InChI is InChI=1S/C34H39N2S2/c1-7-35-28-13-9-11-15-30(28)37-32(35)19-17-24(3)26-21-27(23-34(5,6)22-26)25(4)18-20-33-36(8-2)29-14-10-12-16-31(29)38-33/h9-19,21,25H,7-8,22-23H2,1-6H3/q+1. The van der Waals surface area contributed by atoms with Crippen LogP contribution >= 0.6 is 23.1 Å². The fourth-order valence-electron chi connectivity index (χ4n) is 5.57. The maximum atomic E-state index is 3.68. The summed E-state index contributed by atoms with van der Waals surface area (Å²) >= 11 is 3.71. The number of para-hydroxylation sites is 2. The molecule has 1 aliphatic heterocycles. The number of hydrogen-bond acceptors (Lipinski definition) is 3. The molecule has 1 unspecified atom stereocenters. The Morgan fingerprint density at radius 2 is 1.87 bits per heavy atom. The van der Waals surface area contributed by atoms with Crippen molar-refractivity contribution in [2.75, 3.05) is 11.4 Å². The predicted molar refractivity (Wildman–Crippen MR) is 167 cm³/mol. The molecule has 0 amide bonds. The van der Waals surface area contributed by atoms with E-state index in [0.29, 0.717) is 5.92 Å². The molecular formula is C34H39N2S2+. The fourth-order valence-corrected chi connectivity index (χ4v) is 7.80. The highest BCUT2D eigenvalue weighted by molar-refractivity contribution is 8.03. The molecule has 3 aromatic rings. The minimum Gasteiger partial charge on any atom is -0.329 e. The predicted octanol–water partition coefficient (Wildman–Crippen LogP) is 9.55. The van der Waals surface area contributed by atoms with E-state index in [9.17, 15) is 0 Å². The molecule has 0 bridgehead atoms. The first-order valence-corrected chi connectivity index (χ1v) is 15.4. The summed E-state index contributed by atoms with van der Waals surface area (Å²) in [7, 11) is 0. The second-order valence-electron chi connectivity index (χ2n) is 11.1. The highest BCUT2D eigenvalue weighted by atomic mass is 32.2. The largest absolute Gasteiger partial charge is 0.329 e. The number of aromatic nitrogens is 1. The van der Waals surface area contributed by atoms with Crippen LogP contribution in [0.2, 0.25) is 0 Å². The van der Waals surface area contributed by atoms with E-state index in [1.165, 1.54) is 47.6 Å². The minimum atomic E-state index is 0.249. The van der Waals surface area contributed by atoms with Crippen LogP contribution in [0.15, 0.2) is 99.1 Å². The Labute approximate surface area is 236 Å². The summed E-state index contributed by atoms with van der Waals surface area (Å²) in [4.78, 5) is 3.70. The topological polar surface area (TPSA) is 7.12 Å². The van der Waals surface area contributed by atoms with Crippen molar-refractivity contribution in [1.82, 2.24) is 0 Å². The molecule has 2 aromatic carbocycles. The van der Waals surface area contributed by atoms with Gasteiger partial charge in [-0.2, -0.15) is 4.57 Å². The molecule has 1 atom stereocenters. The van der Waals surface area contributed by atoms with Gasteiger partial charge in [0.15, 0.2) is 0 Å². The van der Waals surface area contributed by atoms with Gasteiger partial charge >= 0.3 is 0 Å². The van der Waals surface area contributed by atoms with E-state index in [1.54, 1.807) is 0 Å². The van der Waals surface area contributed by atoms with E-state index in [0.717, 1.165) is 25.9 Å². The molecule has 0 saturated heterocycles. The van der Waals surface area contributed by atoms with Crippen molar-refractivity contribution < 1.29 is 4.57 Å². The van der Waals surface area contributed by atoms with E-state index in [-0.39, 0.29) is 5.41 Å². The van der Waals surface area contributed by atoms with Gasteiger partial charge in [0, 0.05) is 29.5 Å². The zero-order valence-corrected chi connectivity index (χ0v) is 25.2. The van der Waals surface area contributed by atoms with E-state index in [4.69, 9.17) is 0 Å². The number of anilines is 1. The first-order chi connectivity index (χ1) is 18.3. The highest BCUT2D eigenvalue weighted by Crippen LogP contribution is 2.45. The first-order valence-electron chi connectivity index (χ1n) is 13.8. The van der Waals surface area contributed by atoms with Gasteiger partial charge < -0.3 is 4.90 Å². The molecule has 0 fully saturated rings. The molecule has 5 rings (SSSR count). The van der Waals surface area contributed by atoms with Gasteiger partial charge in [0.2, 0.25) is 5.52 Å². The molecule has 0 saturated carbocycles. The molecule has 0 N–H and O–H groups in total. The third kappa shape index (κ3) is 5.50. The normalized spacial score (nSPS) is 18.9. The van der Waals surface area contributed by atoms with E-state index in [2.05, 4.69) is 130 Å². The average molecular weight is 540 g/mol. The van der Waals surface area contributed by atoms with Crippen LogP contribution in [0.3, 0.4) is 0 Å². The summed E-state index contributed by atoms with van der Waals surface area (Å²) in [6.07, 6.45) is 11.6. The van der Waals surface area contributed by atoms with Crippen LogP contribution in [0.4, 0.5) is 5.69 Å². The minimum absolute atomic E-state index is 0.249. The van der Waals surface area contributed by atoms with E-state index >= 15 is 0 Å². The van der Waals surface area contributed by atoms with E-state index < -0.39 is 0 Å². The van der Waals surface area contributed by atoms with Crippen LogP contribution in [-0.4, -0.2) is 6.54 Å². The molecule has 1 aliphatic carbocycles. The summed E-state index contributed by atoms with van der Waals surface area (Å²) < 4.78 is 3.76. The Hall–Kier alpha value is -2.78. The number of benzene rings is 2. The lowest BCUT2D eigenvalue weighted by atomic mass is 9.71. The number of hydrogen-bond donors (Lipinski definition) is 0. The van der Waals surface area contributed by atoms with Gasteiger partial charge in [-0.05, 0) is 74.4 Å². The van der Waals surface area contributed by atoms with Crippen molar-refractivity contribution in [2.45, 2.75) is 65.8 Å². The third-order valence-electron chi connectivity index (χ3n) is 7.61. The van der Waals surface area contributed by atoms with Gasteiger partial charge in [0.05, 0.1) is 5.69 Å². The smallest absolute Gasteiger partial charge is 0.262 e. The summed E-state index contributed by atoms with van der Waals surface area (Å²) in [5.74, 6) is 0.349. The quantitative estimate of drug-likeness (QED) is 0.227. The Morgan fingerprint density at radius 1 is 1.11 bits per heavy atom. The van der Waals surface area contributed by atoms with Crippen molar-refractivity contribution in [3.63, 3.8) is 0 Å². The maximum absolute atomic E-state index is 3.68. The molecule has 0 radical (unpaired) electrons. The number of rotatable bonds is 6. The van der Waals surface area contributed by atoms with Gasteiger partial charge in [-0.3, -0.25) is 0 Å². The van der Waals surface area contributed by atoms with Gasteiger partial charge in [-0.1, -0.05) is 91.6 Å². The first kappa shape index (κ1) is 26.8. The molecule has 1 aromatic heterocycles. The second kappa shape index (κ2) is 11.1. The van der Waals surface area contributed by atoms with Crippen LogP contribution < -0.4 is 9.47 Å². The lowest BCUT2D eigenvalue weighted by Crippen LogP contribution is -2.33. The number of aryl methyl sites for hydroxylation is 1. The highest BCUT2D eigenvalue weighted by Gasteiger charge is 2.28. The molecular weight excluding hydrogens is 501 g/mol. The number of thioether (sulfide) groups is 1.